The smallest absolute Gasteiger partial charge is 0.288 e. The number of rotatable bonds is 3. The van der Waals surface area contributed by atoms with Crippen molar-refractivity contribution in [3.05, 3.63) is 92.4 Å². The van der Waals surface area contributed by atoms with Crippen LogP contribution in [0.3, 0.4) is 0 Å². The predicted molar refractivity (Wildman–Crippen MR) is 110 cm³/mol. The van der Waals surface area contributed by atoms with Crippen LogP contribution in [0, 0.1) is 13.8 Å². The summed E-state index contributed by atoms with van der Waals surface area (Å²) in [7, 11) is 0. The Bertz CT molecular complexity index is 1300. The highest BCUT2D eigenvalue weighted by molar-refractivity contribution is 6.30. The topological polar surface area (TPSA) is 39.8 Å². The van der Waals surface area contributed by atoms with Gasteiger partial charge in [-0.1, -0.05) is 41.4 Å². The monoisotopic (exact) mass is 431 g/mol. The fourth-order valence-corrected chi connectivity index (χ4v) is 3.73. The molecule has 0 N–H and O–H groups in total. The molecule has 0 saturated carbocycles. The molecule has 0 radical (unpaired) electrons. The Hall–Kier alpha value is -3.06. The zero-order chi connectivity index (χ0) is 21.6. The van der Waals surface area contributed by atoms with Gasteiger partial charge < -0.3 is 0 Å². The first-order valence-corrected chi connectivity index (χ1v) is 9.55. The van der Waals surface area contributed by atoms with E-state index in [1.807, 2.05) is 19.1 Å². The number of nitrogens with zero attached hydrogens (tertiary/aromatic N) is 3. The SMILES string of the molecule is Cc1ccc(-n2nc(C)c3c(C(F)(F)F)cc(=O)n(Cc4cccc(Cl)c4)c32)cc1. The Balaban J connectivity index is 2.06. The van der Waals surface area contributed by atoms with Crippen LogP contribution in [0.4, 0.5) is 13.2 Å². The summed E-state index contributed by atoms with van der Waals surface area (Å²) in [5, 5.41) is 4.74. The molecule has 4 aromatic rings. The summed E-state index contributed by atoms with van der Waals surface area (Å²) < 4.78 is 43.9. The van der Waals surface area contributed by atoms with Crippen LogP contribution in [0.15, 0.2) is 59.4 Å². The lowest BCUT2D eigenvalue weighted by Gasteiger charge is -2.15. The molecule has 4 rings (SSSR count). The highest BCUT2D eigenvalue weighted by Gasteiger charge is 2.36. The minimum atomic E-state index is -4.68. The molecule has 0 unspecified atom stereocenters. The van der Waals surface area contributed by atoms with Gasteiger partial charge in [-0.3, -0.25) is 9.36 Å². The van der Waals surface area contributed by atoms with E-state index in [2.05, 4.69) is 5.10 Å². The van der Waals surface area contributed by atoms with Crippen LogP contribution < -0.4 is 5.56 Å². The van der Waals surface area contributed by atoms with Crippen LogP contribution >= 0.6 is 11.6 Å². The normalized spacial score (nSPS) is 11.9. The molecule has 4 nitrogen and oxygen atoms in total. The van der Waals surface area contributed by atoms with Gasteiger partial charge in [0.15, 0.2) is 0 Å². The third-order valence-electron chi connectivity index (χ3n) is 4.91. The van der Waals surface area contributed by atoms with Crippen molar-refractivity contribution >= 4 is 22.6 Å². The maximum absolute atomic E-state index is 13.8. The van der Waals surface area contributed by atoms with Crippen LogP contribution in [0.1, 0.15) is 22.4 Å². The molecule has 8 heteroatoms. The largest absolute Gasteiger partial charge is 0.417 e. The highest BCUT2D eigenvalue weighted by atomic mass is 35.5. The van der Waals surface area contributed by atoms with E-state index < -0.39 is 17.3 Å². The van der Waals surface area contributed by atoms with Gasteiger partial charge in [-0.25, -0.2) is 4.68 Å². The molecular weight excluding hydrogens is 415 g/mol. The van der Waals surface area contributed by atoms with Gasteiger partial charge in [0.25, 0.3) is 5.56 Å². The van der Waals surface area contributed by atoms with Crippen molar-refractivity contribution < 1.29 is 13.2 Å². The maximum Gasteiger partial charge on any atom is 0.417 e. The van der Waals surface area contributed by atoms with Gasteiger partial charge in [0.2, 0.25) is 0 Å². The molecule has 0 aliphatic heterocycles. The molecule has 0 aliphatic carbocycles. The van der Waals surface area contributed by atoms with E-state index in [1.54, 1.807) is 36.4 Å². The first kappa shape index (κ1) is 20.2. The Morgan fingerprint density at radius 2 is 1.73 bits per heavy atom. The van der Waals surface area contributed by atoms with E-state index in [9.17, 15) is 18.0 Å². The molecule has 2 heterocycles. The van der Waals surface area contributed by atoms with E-state index >= 15 is 0 Å². The fraction of sp³-hybridized carbons (Fsp3) is 0.182. The quantitative estimate of drug-likeness (QED) is 0.428. The van der Waals surface area contributed by atoms with E-state index in [0.717, 1.165) is 5.56 Å². The number of aromatic nitrogens is 3. The molecule has 0 saturated heterocycles. The summed E-state index contributed by atoms with van der Waals surface area (Å²) in [5.74, 6) is 0. The molecule has 30 heavy (non-hydrogen) atoms. The minimum absolute atomic E-state index is 0.0605. The summed E-state index contributed by atoms with van der Waals surface area (Å²) in [4.78, 5) is 12.8. The molecule has 0 aliphatic rings. The average molecular weight is 432 g/mol. The number of hydrogen-bond acceptors (Lipinski definition) is 2. The lowest BCUT2D eigenvalue weighted by atomic mass is 10.1. The van der Waals surface area contributed by atoms with Gasteiger partial charge in [0.1, 0.15) is 5.65 Å². The number of alkyl halides is 3. The molecule has 0 spiro atoms. The standard InChI is InChI=1S/C22H17ClF3N3O/c1-13-6-8-17(9-7-13)29-21-20(14(2)27-29)18(22(24,25)26)11-19(30)28(21)12-15-4-3-5-16(23)10-15/h3-11H,12H2,1-2H3. The summed E-state index contributed by atoms with van der Waals surface area (Å²) >= 11 is 6.05. The summed E-state index contributed by atoms with van der Waals surface area (Å²) in [6.45, 7) is 3.48. The number of hydrogen-bond donors (Lipinski definition) is 0. The fourth-order valence-electron chi connectivity index (χ4n) is 3.52. The molecule has 0 amide bonds. The van der Waals surface area contributed by atoms with Crippen LogP contribution in [-0.4, -0.2) is 14.3 Å². The number of halogens is 4. The van der Waals surface area contributed by atoms with Gasteiger partial charge in [-0.2, -0.15) is 18.3 Å². The van der Waals surface area contributed by atoms with Crippen LogP contribution in [0.2, 0.25) is 5.02 Å². The van der Waals surface area contributed by atoms with Gasteiger partial charge in [-0.15, -0.1) is 0 Å². The van der Waals surface area contributed by atoms with Gasteiger partial charge in [0, 0.05) is 11.1 Å². The average Bonchev–Trinajstić information content (AvgIpc) is 3.01. The molecule has 0 fully saturated rings. The molecule has 0 bridgehead atoms. The zero-order valence-electron chi connectivity index (χ0n) is 16.2. The van der Waals surface area contributed by atoms with E-state index in [4.69, 9.17) is 11.6 Å². The highest BCUT2D eigenvalue weighted by Crippen LogP contribution is 2.36. The molecule has 2 aromatic heterocycles. The molecule has 2 aromatic carbocycles. The van der Waals surface area contributed by atoms with Crippen LogP contribution in [0.25, 0.3) is 16.7 Å². The van der Waals surface area contributed by atoms with Crippen molar-refractivity contribution in [1.29, 1.82) is 0 Å². The Morgan fingerprint density at radius 3 is 2.37 bits per heavy atom. The Labute approximate surface area is 175 Å². The lowest BCUT2D eigenvalue weighted by Crippen LogP contribution is -2.25. The number of pyridine rings is 1. The van der Waals surface area contributed by atoms with Crippen molar-refractivity contribution in [2.45, 2.75) is 26.6 Å². The van der Waals surface area contributed by atoms with Gasteiger partial charge in [0.05, 0.1) is 28.9 Å². The van der Waals surface area contributed by atoms with E-state index in [-0.39, 0.29) is 23.3 Å². The van der Waals surface area contributed by atoms with Gasteiger partial charge in [-0.05, 0) is 43.7 Å². The van der Waals surface area contributed by atoms with E-state index in [0.29, 0.717) is 22.3 Å². The molecule has 154 valence electrons. The summed E-state index contributed by atoms with van der Waals surface area (Å²) in [6.07, 6.45) is -4.68. The van der Waals surface area contributed by atoms with Crippen LogP contribution in [0.5, 0.6) is 0 Å². The molecular formula is C22H17ClF3N3O. The Kier molecular flexibility index (Phi) is 4.94. The van der Waals surface area contributed by atoms with Crippen molar-refractivity contribution in [3.63, 3.8) is 0 Å². The van der Waals surface area contributed by atoms with E-state index in [1.165, 1.54) is 16.2 Å². The van der Waals surface area contributed by atoms with Crippen molar-refractivity contribution in [1.82, 2.24) is 14.3 Å². The van der Waals surface area contributed by atoms with Crippen LogP contribution in [-0.2, 0) is 12.7 Å². The first-order valence-electron chi connectivity index (χ1n) is 9.17. The third kappa shape index (κ3) is 3.61. The number of aryl methyl sites for hydroxylation is 2. The third-order valence-corrected chi connectivity index (χ3v) is 5.14. The van der Waals surface area contributed by atoms with Gasteiger partial charge >= 0.3 is 6.18 Å². The Morgan fingerprint density at radius 1 is 1.03 bits per heavy atom. The summed E-state index contributed by atoms with van der Waals surface area (Å²) in [5.41, 5.74) is 0.800. The van der Waals surface area contributed by atoms with Crippen molar-refractivity contribution in [2.75, 3.05) is 0 Å². The second kappa shape index (κ2) is 7.32. The minimum Gasteiger partial charge on any atom is -0.288 e. The van der Waals surface area contributed by atoms with Crippen molar-refractivity contribution in [3.8, 4) is 5.69 Å². The number of benzene rings is 2. The number of fused-ring (bicyclic) bond motifs is 1. The van der Waals surface area contributed by atoms with Crippen molar-refractivity contribution in [2.24, 2.45) is 0 Å². The first-order chi connectivity index (χ1) is 14.1. The second-order valence-electron chi connectivity index (χ2n) is 7.14. The zero-order valence-corrected chi connectivity index (χ0v) is 16.9. The second-order valence-corrected chi connectivity index (χ2v) is 7.58. The lowest BCUT2D eigenvalue weighted by molar-refractivity contribution is -0.136. The predicted octanol–water partition coefficient (Wildman–Crippen LogP) is 5.52. The summed E-state index contributed by atoms with van der Waals surface area (Å²) in [6, 6.07) is 14.7. The maximum atomic E-state index is 13.8. The molecule has 0 atom stereocenters.